The average molecular weight is 525 g/mol. The third kappa shape index (κ3) is 4.52. The first-order chi connectivity index (χ1) is 17.7. The van der Waals surface area contributed by atoms with Gasteiger partial charge < -0.3 is 20.3 Å². The van der Waals surface area contributed by atoms with Crippen molar-refractivity contribution < 1.29 is 18.8 Å². The van der Waals surface area contributed by atoms with Crippen molar-refractivity contribution in [3.63, 3.8) is 0 Å². The Bertz CT molecular complexity index is 1470. The highest BCUT2D eigenvalue weighted by Crippen LogP contribution is 2.47. The Balaban J connectivity index is 1.54. The predicted molar refractivity (Wildman–Crippen MR) is 130 cm³/mol. The highest BCUT2D eigenvalue weighted by molar-refractivity contribution is 6.33. The molecule has 2 aromatic heterocycles. The Hall–Kier alpha value is -3.95. The van der Waals surface area contributed by atoms with E-state index in [9.17, 15) is 14.3 Å². The van der Waals surface area contributed by atoms with E-state index in [-0.39, 0.29) is 47.5 Å². The van der Waals surface area contributed by atoms with E-state index in [2.05, 4.69) is 42.2 Å². The van der Waals surface area contributed by atoms with Gasteiger partial charge >= 0.3 is 0 Å². The molecule has 0 spiro atoms. The van der Waals surface area contributed by atoms with Crippen molar-refractivity contribution in [3.05, 3.63) is 58.0 Å². The van der Waals surface area contributed by atoms with E-state index in [4.69, 9.17) is 21.9 Å². The fraction of sp³-hybridized carbons (Fsp3) is 0.375. The van der Waals surface area contributed by atoms with Gasteiger partial charge in [0.1, 0.15) is 6.17 Å². The minimum atomic E-state index is -2.06. The monoisotopic (exact) mass is 524 g/mol. The van der Waals surface area contributed by atoms with Crippen LogP contribution >= 0.6 is 11.6 Å². The molecule has 1 fully saturated rings. The normalized spacial score (nSPS) is 23.3. The van der Waals surface area contributed by atoms with Gasteiger partial charge in [0.25, 0.3) is 5.91 Å². The van der Waals surface area contributed by atoms with E-state index in [0.717, 1.165) is 0 Å². The number of anilines is 1. The molecule has 3 unspecified atom stereocenters. The number of hydrogen-bond donors (Lipinski definition) is 2. The number of amides is 1. The van der Waals surface area contributed by atoms with Gasteiger partial charge in [-0.25, -0.2) is 14.4 Å². The summed E-state index contributed by atoms with van der Waals surface area (Å²) in [6.45, 7) is 3.50. The lowest BCUT2D eigenvalue weighted by atomic mass is 9.84. The Morgan fingerprint density at radius 1 is 1.41 bits per heavy atom. The van der Waals surface area contributed by atoms with Crippen molar-refractivity contribution in [1.82, 2.24) is 25.0 Å². The third-order valence-corrected chi connectivity index (χ3v) is 6.58. The number of azo groups is 1. The van der Waals surface area contributed by atoms with Crippen molar-refractivity contribution in [3.8, 4) is 11.8 Å². The minimum Gasteiger partial charge on any atom is -0.368 e. The molecular formula is C24H22ClFN8O3. The summed E-state index contributed by atoms with van der Waals surface area (Å²) in [4.78, 5) is 26.7. The molecule has 3 aromatic rings. The largest absolute Gasteiger partial charge is 0.368 e. The Morgan fingerprint density at radius 2 is 2.22 bits per heavy atom. The highest BCUT2D eigenvalue weighted by atomic mass is 35.5. The number of rotatable bonds is 3. The van der Waals surface area contributed by atoms with Gasteiger partial charge in [0.15, 0.2) is 11.5 Å². The van der Waals surface area contributed by atoms with Gasteiger partial charge in [-0.15, -0.1) is 5.11 Å². The number of nitrogens with two attached hydrogens (primary N) is 1. The van der Waals surface area contributed by atoms with Crippen LogP contribution in [0.2, 0.25) is 5.02 Å². The van der Waals surface area contributed by atoms with Crippen molar-refractivity contribution in [2.75, 3.05) is 12.3 Å². The van der Waals surface area contributed by atoms with E-state index in [0.29, 0.717) is 23.0 Å². The van der Waals surface area contributed by atoms with Gasteiger partial charge in [0.2, 0.25) is 17.6 Å². The number of benzene rings is 1. The fourth-order valence-corrected chi connectivity index (χ4v) is 4.65. The van der Waals surface area contributed by atoms with Crippen LogP contribution in [0.25, 0.3) is 0 Å². The van der Waals surface area contributed by atoms with Gasteiger partial charge in [-0.2, -0.15) is 10.1 Å². The van der Waals surface area contributed by atoms with Gasteiger partial charge in [0.05, 0.1) is 34.4 Å². The Kier molecular flexibility index (Phi) is 6.35. The number of piperidine rings is 1. The zero-order chi connectivity index (χ0) is 26.3. The molecule has 0 aliphatic carbocycles. The molecule has 1 saturated heterocycles. The van der Waals surface area contributed by atoms with Crippen LogP contribution in [0.15, 0.2) is 39.1 Å². The van der Waals surface area contributed by atoms with Crippen molar-refractivity contribution in [2.45, 2.75) is 50.5 Å². The van der Waals surface area contributed by atoms with Crippen LogP contribution < -0.4 is 5.73 Å². The molecule has 2 aliphatic rings. The number of aliphatic hydroxyl groups is 1. The molecule has 13 heteroatoms. The van der Waals surface area contributed by atoms with Gasteiger partial charge in [-0.05, 0) is 25.5 Å². The van der Waals surface area contributed by atoms with E-state index < -0.39 is 23.8 Å². The molecule has 3 N–H and O–H groups in total. The molecule has 1 aromatic carbocycles. The molecule has 11 nitrogen and oxygen atoms in total. The summed E-state index contributed by atoms with van der Waals surface area (Å²) in [6.07, 6.45) is -0.168. The molecular weight excluding hydrogens is 503 g/mol. The summed E-state index contributed by atoms with van der Waals surface area (Å²) in [5, 5.41) is 24.1. The van der Waals surface area contributed by atoms with E-state index in [1.165, 1.54) is 11.1 Å². The number of alkyl halides is 1. The lowest BCUT2D eigenvalue weighted by Gasteiger charge is -2.42. The lowest BCUT2D eigenvalue weighted by Crippen LogP contribution is -2.56. The molecule has 190 valence electrons. The quantitative estimate of drug-likeness (QED) is 0.493. The van der Waals surface area contributed by atoms with Gasteiger partial charge in [0, 0.05) is 25.5 Å². The summed E-state index contributed by atoms with van der Waals surface area (Å²) < 4.78 is 19.7. The minimum absolute atomic E-state index is 0.000124. The maximum atomic E-state index is 14.7. The van der Waals surface area contributed by atoms with Crippen LogP contribution in [0.1, 0.15) is 59.0 Å². The standard InChI is InChI=1S/C24H22ClFN8O3/c1-12(21-29-13(2)37-32-21)6-7-14-4-3-5-17-19(14)24(36,33-31-17)18-10-15(26)8-9-34(18)22(35)20-16(25)11-28-23(27)30-20/h3-5,11-12,15,18,36H,8-10H2,1-2H3,(H2,27,28,30)/t12?,15?,18?,24-/m0/s1. The predicted octanol–water partition coefficient (Wildman–Crippen LogP) is 3.44. The maximum Gasteiger partial charge on any atom is 0.274 e. The summed E-state index contributed by atoms with van der Waals surface area (Å²) in [6, 6.07) is 3.98. The van der Waals surface area contributed by atoms with Crippen LogP contribution in [-0.4, -0.2) is 54.8 Å². The lowest BCUT2D eigenvalue weighted by molar-refractivity contribution is -0.0641. The zero-order valence-electron chi connectivity index (χ0n) is 19.9. The second-order valence-corrected chi connectivity index (χ2v) is 9.26. The number of nitrogens with zero attached hydrogens (tertiary/aromatic N) is 7. The third-order valence-electron chi connectivity index (χ3n) is 6.30. The Labute approximate surface area is 216 Å². The van der Waals surface area contributed by atoms with Gasteiger partial charge in [-0.1, -0.05) is 34.7 Å². The number of aryl methyl sites for hydroxylation is 1. The van der Waals surface area contributed by atoms with Crippen molar-refractivity contribution in [1.29, 1.82) is 0 Å². The zero-order valence-corrected chi connectivity index (χ0v) is 20.6. The number of aromatic nitrogens is 4. The van der Waals surface area contributed by atoms with E-state index >= 15 is 0 Å². The van der Waals surface area contributed by atoms with E-state index in [1.54, 1.807) is 25.1 Å². The van der Waals surface area contributed by atoms with Gasteiger partial charge in [-0.3, -0.25) is 4.79 Å². The summed E-state index contributed by atoms with van der Waals surface area (Å²) in [7, 11) is 0. The van der Waals surface area contributed by atoms with Crippen LogP contribution in [0, 0.1) is 18.8 Å². The number of fused-ring (bicyclic) bond motifs is 1. The highest BCUT2D eigenvalue weighted by Gasteiger charge is 2.52. The molecule has 2 aliphatic heterocycles. The molecule has 5 rings (SSSR count). The second-order valence-electron chi connectivity index (χ2n) is 8.85. The van der Waals surface area contributed by atoms with Crippen LogP contribution in [-0.2, 0) is 5.72 Å². The molecule has 4 heterocycles. The topological polar surface area (TPSA) is 156 Å². The Morgan fingerprint density at radius 3 is 2.97 bits per heavy atom. The first kappa shape index (κ1) is 24.7. The average Bonchev–Trinajstić information content (AvgIpc) is 3.48. The molecule has 0 radical (unpaired) electrons. The summed E-state index contributed by atoms with van der Waals surface area (Å²) in [5.41, 5.74) is 4.53. The first-order valence-corrected chi connectivity index (χ1v) is 11.9. The van der Waals surface area contributed by atoms with Crippen LogP contribution in [0.4, 0.5) is 16.0 Å². The van der Waals surface area contributed by atoms with Crippen LogP contribution in [0.3, 0.4) is 0 Å². The number of carbonyl (C=O) groups is 1. The number of carbonyl (C=O) groups excluding carboxylic acids is 1. The fourth-order valence-electron chi connectivity index (χ4n) is 4.48. The van der Waals surface area contributed by atoms with Crippen molar-refractivity contribution in [2.24, 2.45) is 10.2 Å². The molecule has 4 atom stereocenters. The summed E-state index contributed by atoms with van der Waals surface area (Å²) in [5.74, 6) is 5.80. The first-order valence-electron chi connectivity index (χ1n) is 11.5. The number of hydrogen-bond acceptors (Lipinski definition) is 10. The number of likely N-dealkylation sites (tertiary alicyclic amines) is 1. The second kappa shape index (κ2) is 9.49. The molecule has 37 heavy (non-hydrogen) atoms. The smallest absolute Gasteiger partial charge is 0.274 e. The summed E-state index contributed by atoms with van der Waals surface area (Å²) >= 11 is 6.17. The number of halogens is 2. The molecule has 1 amide bonds. The van der Waals surface area contributed by atoms with E-state index in [1.807, 2.05) is 6.92 Å². The molecule has 0 bridgehead atoms. The molecule has 0 saturated carbocycles. The SMILES string of the molecule is Cc1nc(C(C)C#Cc2cccc3c2[C@@](O)(C2CC(F)CCN2C(=O)c2nc(N)ncc2Cl)N=N3)no1. The maximum absolute atomic E-state index is 14.7. The van der Waals surface area contributed by atoms with Crippen molar-refractivity contribution >= 4 is 29.1 Å². The van der Waals surface area contributed by atoms with Crippen LogP contribution in [0.5, 0.6) is 0 Å². The number of nitrogen functional groups attached to an aromatic ring is 1.